The van der Waals surface area contributed by atoms with Crippen molar-refractivity contribution in [2.24, 2.45) is 0 Å². The normalized spacial score (nSPS) is 14.8. The highest BCUT2D eigenvalue weighted by molar-refractivity contribution is 6.03. The minimum absolute atomic E-state index is 0.0168. The van der Waals surface area contributed by atoms with Gasteiger partial charge in [-0.2, -0.15) is 0 Å². The number of aliphatic hydroxyl groups is 2. The first-order valence-corrected chi connectivity index (χ1v) is 10.1. The maximum Gasteiger partial charge on any atom is 0.253 e. The lowest BCUT2D eigenvalue weighted by atomic mass is 10.1. The van der Waals surface area contributed by atoms with Crippen LogP contribution in [0.1, 0.15) is 33.5 Å². The number of aliphatic hydroxyl groups excluding tert-OH is 2. The van der Waals surface area contributed by atoms with E-state index < -0.39 is 24.3 Å². The molecule has 0 unspecified atom stereocenters. The fourth-order valence-corrected chi connectivity index (χ4v) is 3.82. The van der Waals surface area contributed by atoms with Gasteiger partial charge in [0.15, 0.2) is 0 Å². The fraction of sp³-hybridized carbons (Fsp3) is 0.273. The van der Waals surface area contributed by atoms with E-state index in [1.165, 1.54) is 4.90 Å². The molecule has 0 radical (unpaired) electrons. The van der Waals surface area contributed by atoms with E-state index in [1.807, 2.05) is 0 Å². The summed E-state index contributed by atoms with van der Waals surface area (Å²) in [6.07, 6.45) is -2.07. The number of amidine groups is 1. The van der Waals surface area contributed by atoms with Crippen LogP contribution in [0, 0.1) is 5.41 Å². The van der Waals surface area contributed by atoms with Gasteiger partial charge in [0.2, 0.25) is 5.91 Å². The standard InChI is InChI=1S/C22H23N5O5/c23-20-16-3-1-14(7-12(16)10-24-20)26-22(32)18(29)9-19(30)27(5-6-28)15-2-4-17-13(8-15)11-25-21(17)31/h1-4,7-8,18,28-29H,5-6,9-11H2,(H2,23,24)(H,25,31)(H,26,32)/t18-/m1/s1. The molecule has 1 atom stereocenters. The predicted octanol–water partition coefficient (Wildman–Crippen LogP) is 0.0736. The van der Waals surface area contributed by atoms with Gasteiger partial charge in [-0.25, -0.2) is 0 Å². The Morgan fingerprint density at radius 1 is 1.09 bits per heavy atom. The monoisotopic (exact) mass is 437 g/mol. The highest BCUT2D eigenvalue weighted by Crippen LogP contribution is 2.24. The predicted molar refractivity (Wildman–Crippen MR) is 116 cm³/mol. The van der Waals surface area contributed by atoms with E-state index in [1.54, 1.807) is 36.4 Å². The maximum atomic E-state index is 12.8. The van der Waals surface area contributed by atoms with Crippen molar-refractivity contribution in [3.05, 3.63) is 58.7 Å². The molecule has 0 bridgehead atoms. The average molecular weight is 437 g/mol. The molecule has 10 heteroatoms. The van der Waals surface area contributed by atoms with E-state index in [9.17, 15) is 24.6 Å². The number of benzene rings is 2. The molecule has 0 saturated carbocycles. The Kier molecular flexibility index (Phi) is 5.89. The molecule has 2 aliphatic heterocycles. The Hall–Kier alpha value is -3.76. The van der Waals surface area contributed by atoms with Crippen molar-refractivity contribution in [2.75, 3.05) is 23.4 Å². The third-order valence-corrected chi connectivity index (χ3v) is 5.48. The SMILES string of the molecule is N=C1NCc2cc(NC(=O)[C@H](O)CC(=O)N(CCO)c3ccc4c(c3)CNC4=O)ccc21. The first kappa shape index (κ1) is 21.5. The summed E-state index contributed by atoms with van der Waals surface area (Å²) in [5, 5.41) is 35.7. The van der Waals surface area contributed by atoms with Crippen LogP contribution in [0.5, 0.6) is 0 Å². The van der Waals surface area contributed by atoms with Gasteiger partial charge >= 0.3 is 0 Å². The molecule has 166 valence electrons. The molecule has 6 N–H and O–H groups in total. The van der Waals surface area contributed by atoms with Crippen molar-refractivity contribution in [2.45, 2.75) is 25.6 Å². The van der Waals surface area contributed by atoms with Crippen molar-refractivity contribution < 1.29 is 24.6 Å². The molecule has 0 spiro atoms. The van der Waals surface area contributed by atoms with Crippen LogP contribution < -0.4 is 20.9 Å². The van der Waals surface area contributed by atoms with Crippen LogP contribution in [0.3, 0.4) is 0 Å². The molecule has 2 heterocycles. The Labute approximate surface area is 183 Å². The van der Waals surface area contributed by atoms with Crippen LogP contribution in [0.25, 0.3) is 0 Å². The van der Waals surface area contributed by atoms with Gasteiger partial charge in [-0.05, 0) is 47.5 Å². The number of nitrogens with one attached hydrogen (secondary N) is 4. The summed E-state index contributed by atoms with van der Waals surface area (Å²) < 4.78 is 0. The zero-order valence-electron chi connectivity index (χ0n) is 17.1. The molecular formula is C22H23N5O5. The van der Waals surface area contributed by atoms with Gasteiger partial charge in [-0.3, -0.25) is 19.8 Å². The number of hydrogen-bond donors (Lipinski definition) is 6. The van der Waals surface area contributed by atoms with Gasteiger partial charge in [0.05, 0.1) is 13.0 Å². The number of anilines is 2. The largest absolute Gasteiger partial charge is 0.395 e. The van der Waals surface area contributed by atoms with Crippen molar-refractivity contribution >= 4 is 34.9 Å². The molecule has 0 aromatic heterocycles. The smallest absolute Gasteiger partial charge is 0.253 e. The van der Waals surface area contributed by atoms with Gasteiger partial charge in [0.1, 0.15) is 11.9 Å². The molecule has 0 saturated heterocycles. The van der Waals surface area contributed by atoms with Crippen molar-refractivity contribution in [1.82, 2.24) is 10.6 Å². The zero-order chi connectivity index (χ0) is 22.8. The summed E-state index contributed by atoms with van der Waals surface area (Å²) >= 11 is 0. The Morgan fingerprint density at radius 3 is 2.59 bits per heavy atom. The summed E-state index contributed by atoms with van der Waals surface area (Å²) in [7, 11) is 0. The highest BCUT2D eigenvalue weighted by atomic mass is 16.3. The van der Waals surface area contributed by atoms with E-state index in [4.69, 9.17) is 5.41 Å². The molecular weight excluding hydrogens is 414 g/mol. The van der Waals surface area contributed by atoms with Crippen molar-refractivity contribution in [3.8, 4) is 0 Å². The van der Waals surface area contributed by atoms with Crippen LogP contribution in [-0.4, -0.2) is 53.0 Å². The minimum atomic E-state index is -1.59. The molecule has 3 amide bonds. The lowest BCUT2D eigenvalue weighted by molar-refractivity contribution is -0.129. The molecule has 2 aromatic carbocycles. The topological polar surface area (TPSA) is 155 Å². The molecule has 32 heavy (non-hydrogen) atoms. The first-order chi connectivity index (χ1) is 15.4. The molecule has 0 aliphatic carbocycles. The summed E-state index contributed by atoms with van der Waals surface area (Å²) in [6.45, 7) is 0.512. The summed E-state index contributed by atoms with van der Waals surface area (Å²) in [5.41, 5.74) is 3.81. The maximum absolute atomic E-state index is 12.8. The second-order valence-corrected chi connectivity index (χ2v) is 7.60. The third-order valence-electron chi connectivity index (χ3n) is 5.48. The second kappa shape index (κ2) is 8.77. The Morgan fingerprint density at radius 2 is 1.81 bits per heavy atom. The number of hydrogen-bond acceptors (Lipinski definition) is 6. The van der Waals surface area contributed by atoms with Gasteiger partial charge in [0.25, 0.3) is 11.8 Å². The van der Waals surface area contributed by atoms with Crippen LogP contribution >= 0.6 is 0 Å². The number of fused-ring (bicyclic) bond motifs is 2. The Balaban J connectivity index is 1.42. The Bertz CT molecular complexity index is 1120. The number of amides is 3. The van der Waals surface area contributed by atoms with E-state index in [-0.39, 0.29) is 19.1 Å². The third kappa shape index (κ3) is 4.18. The number of nitrogens with zero attached hydrogens (tertiary/aromatic N) is 1. The lowest BCUT2D eigenvalue weighted by Gasteiger charge is -2.23. The van der Waals surface area contributed by atoms with Crippen LogP contribution in [0.4, 0.5) is 11.4 Å². The van der Waals surface area contributed by atoms with E-state index in [2.05, 4.69) is 16.0 Å². The van der Waals surface area contributed by atoms with E-state index in [0.29, 0.717) is 35.9 Å². The zero-order valence-corrected chi connectivity index (χ0v) is 17.1. The summed E-state index contributed by atoms with van der Waals surface area (Å²) in [5.74, 6) is -1.13. The van der Waals surface area contributed by atoms with Crippen LogP contribution in [0.15, 0.2) is 36.4 Å². The summed E-state index contributed by atoms with van der Waals surface area (Å²) in [4.78, 5) is 38.3. The van der Waals surface area contributed by atoms with Crippen LogP contribution in [-0.2, 0) is 22.7 Å². The molecule has 2 aliphatic rings. The second-order valence-electron chi connectivity index (χ2n) is 7.60. The average Bonchev–Trinajstić information content (AvgIpc) is 3.33. The van der Waals surface area contributed by atoms with Crippen LogP contribution in [0.2, 0.25) is 0 Å². The number of carbonyl (C=O) groups is 3. The number of rotatable bonds is 7. The quantitative estimate of drug-likeness (QED) is 0.360. The van der Waals surface area contributed by atoms with Gasteiger partial charge < -0.3 is 31.1 Å². The van der Waals surface area contributed by atoms with Gasteiger partial charge in [-0.15, -0.1) is 0 Å². The number of carbonyl (C=O) groups excluding carboxylic acids is 3. The minimum Gasteiger partial charge on any atom is -0.395 e. The molecule has 10 nitrogen and oxygen atoms in total. The molecule has 2 aromatic rings. The highest BCUT2D eigenvalue weighted by Gasteiger charge is 2.26. The lowest BCUT2D eigenvalue weighted by Crippen LogP contribution is -2.39. The molecule has 4 rings (SSSR count). The van der Waals surface area contributed by atoms with E-state index >= 15 is 0 Å². The van der Waals surface area contributed by atoms with Crippen molar-refractivity contribution in [3.63, 3.8) is 0 Å². The fourth-order valence-electron chi connectivity index (χ4n) is 3.82. The molecule has 0 fully saturated rings. The van der Waals surface area contributed by atoms with Gasteiger partial charge in [-0.1, -0.05) is 0 Å². The summed E-state index contributed by atoms with van der Waals surface area (Å²) in [6, 6.07) is 9.94. The van der Waals surface area contributed by atoms with Crippen molar-refractivity contribution in [1.29, 1.82) is 5.41 Å². The van der Waals surface area contributed by atoms with Gasteiger partial charge in [0, 0.05) is 42.1 Å². The van der Waals surface area contributed by atoms with E-state index in [0.717, 1.165) is 16.7 Å². The first-order valence-electron chi connectivity index (χ1n) is 10.1.